The van der Waals surface area contributed by atoms with Gasteiger partial charge in [0.25, 0.3) is 11.8 Å². The van der Waals surface area contributed by atoms with Gasteiger partial charge in [0.15, 0.2) is 6.61 Å². The maximum Gasteiger partial charge on any atom is 0.255 e. The third kappa shape index (κ3) is 5.01. The summed E-state index contributed by atoms with van der Waals surface area (Å²) in [6.07, 6.45) is 0. The molecular formula is C21H26N4O3. The summed E-state index contributed by atoms with van der Waals surface area (Å²) in [5.41, 5.74) is 7.35. The Hall–Kier alpha value is -3.06. The van der Waals surface area contributed by atoms with Crippen LogP contribution in [0.3, 0.4) is 0 Å². The molecule has 1 heterocycles. The summed E-state index contributed by atoms with van der Waals surface area (Å²) in [7, 11) is 0. The van der Waals surface area contributed by atoms with Crippen molar-refractivity contribution >= 4 is 23.2 Å². The second kappa shape index (κ2) is 9.23. The summed E-state index contributed by atoms with van der Waals surface area (Å²) in [5.74, 6) is -0.369. The molecule has 1 aliphatic heterocycles. The predicted octanol–water partition coefficient (Wildman–Crippen LogP) is 1.94. The molecule has 7 nitrogen and oxygen atoms in total. The number of likely N-dealkylation sites (N-methyl/N-ethyl adjacent to an activating group) is 1. The first-order valence-corrected chi connectivity index (χ1v) is 9.45. The molecule has 3 rings (SSSR count). The van der Waals surface area contributed by atoms with Crippen molar-refractivity contribution < 1.29 is 14.3 Å². The molecule has 28 heavy (non-hydrogen) atoms. The minimum absolute atomic E-state index is 0.225. The van der Waals surface area contributed by atoms with Crippen molar-refractivity contribution in [3.05, 3.63) is 54.1 Å². The van der Waals surface area contributed by atoms with E-state index in [0.29, 0.717) is 11.3 Å². The Morgan fingerprint density at radius 1 is 1.07 bits per heavy atom. The molecule has 148 valence electrons. The predicted molar refractivity (Wildman–Crippen MR) is 110 cm³/mol. The van der Waals surface area contributed by atoms with Gasteiger partial charge in [-0.2, -0.15) is 0 Å². The molecule has 2 aromatic rings. The number of benzene rings is 2. The van der Waals surface area contributed by atoms with Crippen LogP contribution < -0.4 is 20.7 Å². The summed E-state index contributed by atoms with van der Waals surface area (Å²) in [4.78, 5) is 28.3. The third-order valence-electron chi connectivity index (χ3n) is 4.79. The minimum Gasteiger partial charge on any atom is -0.484 e. The van der Waals surface area contributed by atoms with Crippen LogP contribution in [0.5, 0.6) is 5.75 Å². The van der Waals surface area contributed by atoms with Gasteiger partial charge in [0, 0.05) is 31.7 Å². The molecular weight excluding hydrogens is 356 g/mol. The third-order valence-corrected chi connectivity index (χ3v) is 4.79. The zero-order chi connectivity index (χ0) is 19.9. The molecule has 0 atom stereocenters. The number of amides is 2. The van der Waals surface area contributed by atoms with Crippen LogP contribution in [-0.4, -0.2) is 56.0 Å². The maximum absolute atomic E-state index is 12.8. The van der Waals surface area contributed by atoms with E-state index >= 15 is 0 Å². The topological polar surface area (TPSA) is 87.9 Å². The molecule has 1 saturated heterocycles. The van der Waals surface area contributed by atoms with Gasteiger partial charge in [0.1, 0.15) is 5.75 Å². The fraction of sp³-hybridized carbons (Fsp3) is 0.333. The lowest BCUT2D eigenvalue weighted by molar-refractivity contribution is -0.119. The van der Waals surface area contributed by atoms with Gasteiger partial charge in [-0.25, -0.2) is 0 Å². The molecule has 0 saturated carbocycles. The molecule has 0 bridgehead atoms. The van der Waals surface area contributed by atoms with Gasteiger partial charge in [-0.15, -0.1) is 0 Å². The van der Waals surface area contributed by atoms with Gasteiger partial charge < -0.3 is 25.6 Å². The molecule has 0 unspecified atom stereocenters. The number of piperazine rings is 1. The number of nitrogens with one attached hydrogen (secondary N) is 1. The Morgan fingerprint density at radius 2 is 1.82 bits per heavy atom. The second-order valence-electron chi connectivity index (χ2n) is 6.68. The van der Waals surface area contributed by atoms with Crippen LogP contribution in [0.2, 0.25) is 0 Å². The molecule has 0 aliphatic carbocycles. The van der Waals surface area contributed by atoms with E-state index in [1.165, 1.54) is 0 Å². The van der Waals surface area contributed by atoms with Gasteiger partial charge in [0.2, 0.25) is 0 Å². The van der Waals surface area contributed by atoms with Crippen LogP contribution in [0.1, 0.15) is 17.3 Å². The number of hydrogen-bond donors (Lipinski definition) is 2. The van der Waals surface area contributed by atoms with E-state index in [-0.39, 0.29) is 12.5 Å². The van der Waals surface area contributed by atoms with Gasteiger partial charge in [0.05, 0.1) is 11.4 Å². The summed E-state index contributed by atoms with van der Waals surface area (Å²) >= 11 is 0. The van der Waals surface area contributed by atoms with E-state index in [4.69, 9.17) is 10.5 Å². The van der Waals surface area contributed by atoms with Crippen molar-refractivity contribution in [2.24, 2.45) is 5.73 Å². The Balaban J connectivity index is 1.71. The quantitative estimate of drug-likeness (QED) is 0.764. The number of nitrogens with zero attached hydrogens (tertiary/aromatic N) is 2. The number of anilines is 2. The Labute approximate surface area is 165 Å². The fourth-order valence-corrected chi connectivity index (χ4v) is 3.24. The molecule has 3 N–H and O–H groups in total. The van der Waals surface area contributed by atoms with Crippen molar-refractivity contribution in [2.45, 2.75) is 6.92 Å². The zero-order valence-corrected chi connectivity index (χ0v) is 16.1. The van der Waals surface area contributed by atoms with Crippen molar-refractivity contribution in [3.63, 3.8) is 0 Å². The van der Waals surface area contributed by atoms with Crippen LogP contribution in [0.4, 0.5) is 11.4 Å². The summed E-state index contributed by atoms with van der Waals surface area (Å²) in [6, 6.07) is 14.5. The molecule has 0 radical (unpaired) electrons. The number of rotatable bonds is 7. The Kier molecular flexibility index (Phi) is 6.49. The zero-order valence-electron chi connectivity index (χ0n) is 16.1. The second-order valence-corrected chi connectivity index (χ2v) is 6.68. The number of nitrogens with two attached hydrogens (primary N) is 1. The molecule has 1 aliphatic rings. The van der Waals surface area contributed by atoms with Crippen LogP contribution in [-0.2, 0) is 4.79 Å². The molecule has 2 aromatic carbocycles. The van der Waals surface area contributed by atoms with Crippen LogP contribution >= 0.6 is 0 Å². The molecule has 7 heteroatoms. The average molecular weight is 382 g/mol. The van der Waals surface area contributed by atoms with Gasteiger partial charge >= 0.3 is 0 Å². The number of primary amides is 1. The first-order chi connectivity index (χ1) is 13.6. The van der Waals surface area contributed by atoms with Crippen molar-refractivity contribution in [1.82, 2.24) is 4.90 Å². The van der Waals surface area contributed by atoms with E-state index in [1.807, 2.05) is 24.3 Å². The van der Waals surface area contributed by atoms with Crippen LogP contribution in [0, 0.1) is 0 Å². The van der Waals surface area contributed by atoms with Gasteiger partial charge in [-0.3, -0.25) is 9.59 Å². The van der Waals surface area contributed by atoms with Crippen molar-refractivity contribution in [3.8, 4) is 5.75 Å². The SMILES string of the molecule is CCN1CCN(c2ccccc2NC(=O)c2cccc(OCC(N)=O)c2)CC1. The highest BCUT2D eigenvalue weighted by Crippen LogP contribution is 2.27. The van der Waals surface area contributed by atoms with E-state index < -0.39 is 5.91 Å². The number of carbonyl (C=O) groups excluding carboxylic acids is 2. The number of ether oxygens (including phenoxy) is 1. The molecule has 0 aromatic heterocycles. The first kappa shape index (κ1) is 19.7. The first-order valence-electron chi connectivity index (χ1n) is 9.45. The number of carbonyl (C=O) groups is 2. The Morgan fingerprint density at radius 3 is 2.54 bits per heavy atom. The molecule has 1 fully saturated rings. The highest BCUT2D eigenvalue weighted by atomic mass is 16.5. The van der Waals surface area contributed by atoms with Crippen molar-refractivity contribution in [1.29, 1.82) is 0 Å². The highest BCUT2D eigenvalue weighted by Gasteiger charge is 2.19. The highest BCUT2D eigenvalue weighted by molar-refractivity contribution is 6.06. The lowest BCUT2D eigenvalue weighted by atomic mass is 10.1. The Bertz CT molecular complexity index is 832. The molecule has 0 spiro atoms. The maximum atomic E-state index is 12.8. The van der Waals surface area contributed by atoms with E-state index in [1.54, 1.807) is 24.3 Å². The summed E-state index contributed by atoms with van der Waals surface area (Å²) in [5, 5.41) is 3.00. The average Bonchev–Trinajstić information content (AvgIpc) is 2.73. The fourth-order valence-electron chi connectivity index (χ4n) is 3.24. The number of hydrogen-bond acceptors (Lipinski definition) is 5. The van der Waals surface area contributed by atoms with Crippen molar-refractivity contribution in [2.75, 3.05) is 49.5 Å². The minimum atomic E-state index is -0.563. The van der Waals surface area contributed by atoms with Crippen LogP contribution in [0.15, 0.2) is 48.5 Å². The number of para-hydroxylation sites is 2. The van der Waals surface area contributed by atoms with Gasteiger partial charge in [-0.1, -0.05) is 25.1 Å². The monoisotopic (exact) mass is 382 g/mol. The van der Waals surface area contributed by atoms with E-state index in [9.17, 15) is 9.59 Å². The lowest BCUT2D eigenvalue weighted by Crippen LogP contribution is -2.46. The normalized spacial score (nSPS) is 14.5. The van der Waals surface area contributed by atoms with Gasteiger partial charge in [-0.05, 0) is 36.9 Å². The standard InChI is InChI=1S/C21H26N4O3/c1-2-24-10-12-25(13-11-24)19-9-4-3-8-18(19)23-21(27)16-6-5-7-17(14-16)28-15-20(22)26/h3-9,14H,2,10-13,15H2,1H3,(H2,22,26)(H,23,27). The summed E-state index contributed by atoms with van der Waals surface area (Å²) < 4.78 is 5.28. The van der Waals surface area contributed by atoms with Crippen LogP contribution in [0.25, 0.3) is 0 Å². The summed E-state index contributed by atoms with van der Waals surface area (Å²) in [6.45, 7) is 6.88. The van der Waals surface area contributed by atoms with E-state index in [0.717, 1.165) is 44.1 Å². The molecule has 2 amide bonds. The lowest BCUT2D eigenvalue weighted by Gasteiger charge is -2.36. The van der Waals surface area contributed by atoms with E-state index in [2.05, 4.69) is 22.0 Å². The smallest absolute Gasteiger partial charge is 0.255 e. The largest absolute Gasteiger partial charge is 0.484 e.